The Bertz CT molecular complexity index is 406. The van der Waals surface area contributed by atoms with Crippen LogP contribution in [0.1, 0.15) is 112 Å². The predicted octanol–water partition coefficient (Wildman–Crippen LogP) is 7.86. The predicted molar refractivity (Wildman–Crippen MR) is 106 cm³/mol. The fourth-order valence-electron chi connectivity index (χ4n) is 6.84. The van der Waals surface area contributed by atoms with Gasteiger partial charge in [0.1, 0.15) is 0 Å². The van der Waals surface area contributed by atoms with Crippen LogP contribution in [-0.4, -0.2) is 0 Å². The van der Waals surface area contributed by atoms with Crippen molar-refractivity contribution in [2.24, 2.45) is 40.4 Å². The van der Waals surface area contributed by atoms with Gasteiger partial charge >= 0.3 is 0 Å². The summed E-state index contributed by atoms with van der Waals surface area (Å²) in [6.45, 7) is 12.5. The summed E-state index contributed by atoms with van der Waals surface area (Å²) in [4.78, 5) is 0. The van der Waals surface area contributed by atoms with E-state index in [-0.39, 0.29) is 0 Å². The van der Waals surface area contributed by atoms with E-state index < -0.39 is 0 Å². The molecule has 3 fully saturated rings. The molecule has 3 saturated carbocycles. The number of hydrogen-bond donors (Lipinski definition) is 0. The second-order valence-electron chi connectivity index (χ2n) is 10.8. The summed E-state index contributed by atoms with van der Waals surface area (Å²) in [7, 11) is 0. The Kier molecular flexibility index (Phi) is 5.73. The molecule has 0 bridgehead atoms. The molecule has 0 aromatic heterocycles. The third-order valence-corrected chi connectivity index (χ3v) is 8.73. The average Bonchev–Trinajstić information content (AvgIpc) is 3.12. The molecule has 0 nitrogen and oxygen atoms in total. The van der Waals surface area contributed by atoms with E-state index in [1.807, 2.05) is 0 Å². The summed E-state index contributed by atoms with van der Waals surface area (Å²) in [6.07, 6.45) is 18.1. The van der Waals surface area contributed by atoms with Crippen LogP contribution in [0.2, 0.25) is 0 Å². The standard InChI is InChI=1S/C24H44/c1-6-8-20-14-21(17-24(10-7-2)11-9-19(24)4)22(15-20)18(3)16-23(5)12-13-23/h18-22H,6-17H2,1-5H3. The highest BCUT2D eigenvalue weighted by Gasteiger charge is 2.49. The molecule has 3 aliphatic carbocycles. The van der Waals surface area contributed by atoms with Crippen molar-refractivity contribution >= 4 is 0 Å². The van der Waals surface area contributed by atoms with Crippen LogP contribution >= 0.6 is 0 Å². The van der Waals surface area contributed by atoms with Crippen molar-refractivity contribution < 1.29 is 0 Å². The van der Waals surface area contributed by atoms with Gasteiger partial charge in [0.05, 0.1) is 0 Å². The van der Waals surface area contributed by atoms with Crippen LogP contribution in [0.15, 0.2) is 0 Å². The van der Waals surface area contributed by atoms with Gasteiger partial charge in [-0.1, -0.05) is 53.9 Å². The van der Waals surface area contributed by atoms with Crippen LogP contribution in [0, 0.1) is 40.4 Å². The minimum Gasteiger partial charge on any atom is -0.0654 e. The normalized spacial score (nSPS) is 41.9. The molecule has 140 valence electrons. The van der Waals surface area contributed by atoms with Gasteiger partial charge in [0.15, 0.2) is 0 Å². The van der Waals surface area contributed by atoms with E-state index in [4.69, 9.17) is 0 Å². The number of hydrogen-bond acceptors (Lipinski definition) is 0. The first-order valence-electron chi connectivity index (χ1n) is 11.4. The summed E-state index contributed by atoms with van der Waals surface area (Å²) in [6, 6.07) is 0. The fraction of sp³-hybridized carbons (Fsp3) is 1.00. The quantitative estimate of drug-likeness (QED) is 0.403. The van der Waals surface area contributed by atoms with Gasteiger partial charge in [0, 0.05) is 0 Å². The number of rotatable bonds is 9. The van der Waals surface area contributed by atoms with Crippen LogP contribution in [0.4, 0.5) is 0 Å². The van der Waals surface area contributed by atoms with Crippen LogP contribution in [0.25, 0.3) is 0 Å². The highest BCUT2D eigenvalue weighted by atomic mass is 14.5. The van der Waals surface area contributed by atoms with Crippen LogP contribution < -0.4 is 0 Å². The minimum absolute atomic E-state index is 0.734. The Labute approximate surface area is 152 Å². The summed E-state index contributed by atoms with van der Waals surface area (Å²) in [5, 5.41) is 0. The smallest absolute Gasteiger partial charge is 0.0269 e. The molecular formula is C24H44. The molecule has 0 aromatic carbocycles. The Hall–Kier alpha value is 0. The first kappa shape index (κ1) is 18.8. The second kappa shape index (κ2) is 7.32. The minimum atomic E-state index is 0.734. The zero-order valence-electron chi connectivity index (χ0n) is 17.4. The molecule has 0 aromatic rings. The zero-order chi connectivity index (χ0) is 17.4. The van der Waals surface area contributed by atoms with Gasteiger partial charge < -0.3 is 0 Å². The molecule has 6 unspecified atom stereocenters. The Balaban J connectivity index is 1.67. The molecule has 24 heavy (non-hydrogen) atoms. The SMILES string of the molecule is CCCC1CC(CC2(CCC)CCC2C)C(C(C)CC2(C)CC2)C1. The molecular weight excluding hydrogens is 288 g/mol. The van der Waals surface area contributed by atoms with E-state index in [9.17, 15) is 0 Å². The van der Waals surface area contributed by atoms with Crippen LogP contribution in [-0.2, 0) is 0 Å². The van der Waals surface area contributed by atoms with E-state index in [1.54, 1.807) is 19.3 Å². The van der Waals surface area contributed by atoms with Gasteiger partial charge in [0.2, 0.25) is 0 Å². The van der Waals surface area contributed by atoms with E-state index in [2.05, 4.69) is 34.6 Å². The molecule has 0 radical (unpaired) electrons. The monoisotopic (exact) mass is 332 g/mol. The molecule has 6 atom stereocenters. The van der Waals surface area contributed by atoms with Gasteiger partial charge in [0.25, 0.3) is 0 Å². The summed E-state index contributed by atoms with van der Waals surface area (Å²) in [5.41, 5.74) is 1.47. The lowest BCUT2D eigenvalue weighted by molar-refractivity contribution is -0.00544. The summed E-state index contributed by atoms with van der Waals surface area (Å²) >= 11 is 0. The highest BCUT2D eigenvalue weighted by Crippen LogP contribution is 2.59. The van der Waals surface area contributed by atoms with Crippen LogP contribution in [0.3, 0.4) is 0 Å². The Morgan fingerprint density at radius 1 is 1.04 bits per heavy atom. The maximum absolute atomic E-state index is 2.62. The highest BCUT2D eigenvalue weighted by molar-refractivity contribution is 4.99. The fourth-order valence-corrected chi connectivity index (χ4v) is 6.84. The first-order valence-corrected chi connectivity index (χ1v) is 11.4. The van der Waals surface area contributed by atoms with E-state index in [0.717, 1.165) is 40.4 Å². The zero-order valence-corrected chi connectivity index (χ0v) is 17.4. The molecule has 0 saturated heterocycles. The molecule has 0 heterocycles. The molecule has 0 amide bonds. The van der Waals surface area contributed by atoms with Crippen molar-refractivity contribution in [3.8, 4) is 0 Å². The summed E-state index contributed by atoms with van der Waals surface area (Å²) in [5.74, 6) is 5.11. The molecule has 0 spiro atoms. The van der Waals surface area contributed by atoms with Crippen molar-refractivity contribution in [2.45, 2.75) is 112 Å². The first-order chi connectivity index (χ1) is 11.4. The lowest BCUT2D eigenvalue weighted by Gasteiger charge is -2.51. The lowest BCUT2D eigenvalue weighted by Crippen LogP contribution is -2.41. The van der Waals surface area contributed by atoms with Gasteiger partial charge in [-0.15, -0.1) is 0 Å². The van der Waals surface area contributed by atoms with Gasteiger partial charge in [-0.25, -0.2) is 0 Å². The van der Waals surface area contributed by atoms with Crippen molar-refractivity contribution in [3.05, 3.63) is 0 Å². The van der Waals surface area contributed by atoms with Crippen LogP contribution in [0.5, 0.6) is 0 Å². The third-order valence-electron chi connectivity index (χ3n) is 8.73. The lowest BCUT2D eigenvalue weighted by atomic mass is 9.54. The molecule has 0 heteroatoms. The van der Waals surface area contributed by atoms with Crippen molar-refractivity contribution in [2.75, 3.05) is 0 Å². The van der Waals surface area contributed by atoms with Crippen molar-refractivity contribution in [1.29, 1.82) is 0 Å². The molecule has 3 rings (SSSR count). The maximum atomic E-state index is 2.62. The van der Waals surface area contributed by atoms with Crippen molar-refractivity contribution in [3.63, 3.8) is 0 Å². The van der Waals surface area contributed by atoms with E-state index in [1.165, 1.54) is 57.8 Å². The average molecular weight is 333 g/mol. The van der Waals surface area contributed by atoms with E-state index >= 15 is 0 Å². The second-order valence-corrected chi connectivity index (χ2v) is 10.8. The largest absolute Gasteiger partial charge is 0.0654 e. The van der Waals surface area contributed by atoms with E-state index in [0.29, 0.717) is 0 Å². The molecule has 0 N–H and O–H groups in total. The van der Waals surface area contributed by atoms with Gasteiger partial charge in [-0.3, -0.25) is 0 Å². The molecule has 0 aliphatic heterocycles. The maximum Gasteiger partial charge on any atom is -0.0269 e. The summed E-state index contributed by atoms with van der Waals surface area (Å²) < 4.78 is 0. The Morgan fingerprint density at radius 3 is 2.29 bits per heavy atom. The Morgan fingerprint density at radius 2 is 1.79 bits per heavy atom. The van der Waals surface area contributed by atoms with Gasteiger partial charge in [-0.05, 0) is 98.2 Å². The van der Waals surface area contributed by atoms with Crippen molar-refractivity contribution in [1.82, 2.24) is 0 Å². The third kappa shape index (κ3) is 3.88. The topological polar surface area (TPSA) is 0 Å². The van der Waals surface area contributed by atoms with Gasteiger partial charge in [-0.2, -0.15) is 0 Å². The molecule has 3 aliphatic rings.